The molecule has 16 heavy (non-hydrogen) atoms. The van der Waals surface area contributed by atoms with Crippen LogP contribution in [0.15, 0.2) is 24.3 Å². The summed E-state index contributed by atoms with van der Waals surface area (Å²) in [4.78, 5) is 22.2. The molecule has 1 aromatic rings. The molecule has 4 nitrogen and oxygen atoms in total. The topological polar surface area (TPSA) is 72.2 Å². The van der Waals surface area contributed by atoms with Gasteiger partial charge in [0.05, 0.1) is 6.42 Å². The lowest BCUT2D eigenvalue weighted by Gasteiger charge is -2.10. The van der Waals surface area contributed by atoms with Crippen LogP contribution >= 0.6 is 11.6 Å². The first kappa shape index (κ1) is 12.5. The third-order valence-electron chi connectivity index (χ3n) is 2.00. The van der Waals surface area contributed by atoms with E-state index in [4.69, 9.17) is 17.3 Å². The van der Waals surface area contributed by atoms with E-state index in [1.54, 1.807) is 31.2 Å². The van der Waals surface area contributed by atoms with Gasteiger partial charge in [0.15, 0.2) is 0 Å². The molecule has 0 saturated heterocycles. The Kier molecular flexibility index (Phi) is 4.31. The fourth-order valence-electron chi connectivity index (χ4n) is 1.22. The van der Waals surface area contributed by atoms with Crippen LogP contribution in [0.25, 0.3) is 0 Å². The molecule has 0 heterocycles. The van der Waals surface area contributed by atoms with Crippen molar-refractivity contribution in [2.45, 2.75) is 18.7 Å². The molecule has 0 aliphatic carbocycles. The number of nitrogens with two attached hydrogens (primary N) is 1. The molecule has 1 rings (SSSR count). The minimum absolute atomic E-state index is 0.0904. The van der Waals surface area contributed by atoms with Gasteiger partial charge in [-0.3, -0.25) is 9.59 Å². The molecule has 0 spiro atoms. The Hall–Kier alpha value is -1.55. The Morgan fingerprint density at radius 2 is 2.06 bits per heavy atom. The van der Waals surface area contributed by atoms with Crippen LogP contribution in [-0.2, 0) is 16.0 Å². The summed E-state index contributed by atoms with van der Waals surface area (Å²) in [6, 6.07) is 6.98. The van der Waals surface area contributed by atoms with Gasteiger partial charge in [0.2, 0.25) is 11.8 Å². The predicted octanol–water partition coefficient (Wildman–Crippen LogP) is 1.28. The molecule has 0 saturated carbocycles. The zero-order chi connectivity index (χ0) is 12.1. The number of rotatable bonds is 4. The molecule has 3 N–H and O–H groups in total. The summed E-state index contributed by atoms with van der Waals surface area (Å²) in [5, 5.41) is 2.01. The Bertz CT molecular complexity index is 405. The van der Waals surface area contributed by atoms with Crippen molar-refractivity contribution in [1.29, 1.82) is 0 Å². The smallest absolute Gasteiger partial charge is 0.242 e. The number of hydrogen-bond acceptors (Lipinski definition) is 2. The highest BCUT2D eigenvalue weighted by molar-refractivity contribution is 6.32. The molecule has 5 heteroatoms. The zero-order valence-electron chi connectivity index (χ0n) is 8.87. The molecular formula is C11H13ClN2O2. The molecule has 1 atom stereocenters. The predicted molar refractivity (Wildman–Crippen MR) is 63.3 cm³/mol. The Labute approximate surface area is 98.8 Å². The Balaban J connectivity index is 2.86. The standard InChI is InChI=1S/C11H13ClN2O2/c1-7(12)11(16)14-9-5-3-2-4-8(9)6-10(13)15/h2-5,7H,6H2,1H3,(H2,13,15)(H,14,16). The van der Waals surface area contributed by atoms with E-state index in [2.05, 4.69) is 5.32 Å². The summed E-state index contributed by atoms with van der Waals surface area (Å²) in [6.45, 7) is 1.58. The molecule has 0 fully saturated rings. The minimum atomic E-state index is -0.623. The lowest BCUT2D eigenvalue weighted by atomic mass is 10.1. The largest absolute Gasteiger partial charge is 0.369 e. The molecule has 0 radical (unpaired) electrons. The molecule has 1 aromatic carbocycles. The summed E-state index contributed by atoms with van der Waals surface area (Å²) < 4.78 is 0. The number of amides is 2. The normalized spacial score (nSPS) is 11.9. The highest BCUT2D eigenvalue weighted by atomic mass is 35.5. The van der Waals surface area contributed by atoms with E-state index in [-0.39, 0.29) is 12.3 Å². The second-order valence-electron chi connectivity index (χ2n) is 3.41. The van der Waals surface area contributed by atoms with Crippen molar-refractivity contribution in [3.63, 3.8) is 0 Å². The van der Waals surface area contributed by atoms with E-state index >= 15 is 0 Å². The molecule has 0 aromatic heterocycles. The van der Waals surface area contributed by atoms with Gasteiger partial charge in [-0.15, -0.1) is 11.6 Å². The van der Waals surface area contributed by atoms with Crippen molar-refractivity contribution >= 4 is 29.1 Å². The highest BCUT2D eigenvalue weighted by Crippen LogP contribution is 2.16. The third kappa shape index (κ3) is 3.55. The van der Waals surface area contributed by atoms with E-state index in [1.165, 1.54) is 0 Å². The first-order chi connectivity index (χ1) is 7.50. The van der Waals surface area contributed by atoms with Gasteiger partial charge >= 0.3 is 0 Å². The number of benzene rings is 1. The number of nitrogens with one attached hydrogen (secondary N) is 1. The van der Waals surface area contributed by atoms with Gasteiger partial charge in [-0.1, -0.05) is 18.2 Å². The SMILES string of the molecule is CC(Cl)C(=O)Nc1ccccc1CC(N)=O. The Morgan fingerprint density at radius 1 is 1.44 bits per heavy atom. The molecule has 2 amide bonds. The minimum Gasteiger partial charge on any atom is -0.369 e. The van der Waals surface area contributed by atoms with Gasteiger partial charge in [0.1, 0.15) is 5.38 Å². The van der Waals surface area contributed by atoms with E-state index in [9.17, 15) is 9.59 Å². The molecule has 0 aliphatic heterocycles. The zero-order valence-corrected chi connectivity index (χ0v) is 9.62. The van der Waals surface area contributed by atoms with Gasteiger partial charge in [0, 0.05) is 5.69 Å². The molecule has 86 valence electrons. The van der Waals surface area contributed by atoms with Gasteiger partial charge in [-0.2, -0.15) is 0 Å². The summed E-state index contributed by atoms with van der Waals surface area (Å²) in [5.41, 5.74) is 6.36. The third-order valence-corrected chi connectivity index (χ3v) is 2.20. The van der Waals surface area contributed by atoms with Gasteiger partial charge < -0.3 is 11.1 Å². The van der Waals surface area contributed by atoms with E-state index in [0.29, 0.717) is 11.3 Å². The number of halogens is 1. The van der Waals surface area contributed by atoms with Crippen LogP contribution in [0, 0.1) is 0 Å². The summed E-state index contributed by atoms with van der Waals surface area (Å²) in [6.07, 6.45) is 0.0904. The van der Waals surface area contributed by atoms with Crippen molar-refractivity contribution in [1.82, 2.24) is 0 Å². The molecule has 0 bridgehead atoms. The quantitative estimate of drug-likeness (QED) is 0.779. The summed E-state index contributed by atoms with van der Waals surface area (Å²) in [7, 11) is 0. The lowest BCUT2D eigenvalue weighted by molar-refractivity contribution is -0.117. The molecular weight excluding hydrogens is 228 g/mol. The maximum atomic E-state index is 11.4. The second-order valence-corrected chi connectivity index (χ2v) is 4.06. The van der Waals surface area contributed by atoms with E-state index in [1.807, 2.05) is 0 Å². The van der Waals surface area contributed by atoms with Gasteiger partial charge in [0.25, 0.3) is 0 Å². The fraction of sp³-hybridized carbons (Fsp3) is 0.273. The van der Waals surface area contributed by atoms with Crippen molar-refractivity contribution in [2.24, 2.45) is 5.73 Å². The number of hydrogen-bond donors (Lipinski definition) is 2. The molecule has 0 aliphatic rings. The lowest BCUT2D eigenvalue weighted by Crippen LogP contribution is -2.22. The maximum absolute atomic E-state index is 11.4. The van der Waals surface area contributed by atoms with Crippen LogP contribution in [0.1, 0.15) is 12.5 Å². The second kappa shape index (κ2) is 5.51. The highest BCUT2D eigenvalue weighted by Gasteiger charge is 2.12. The van der Waals surface area contributed by atoms with Crippen molar-refractivity contribution in [2.75, 3.05) is 5.32 Å². The first-order valence-electron chi connectivity index (χ1n) is 4.82. The van der Waals surface area contributed by atoms with Gasteiger partial charge in [-0.05, 0) is 18.6 Å². The maximum Gasteiger partial charge on any atom is 0.242 e. The van der Waals surface area contributed by atoms with Crippen molar-refractivity contribution in [3.05, 3.63) is 29.8 Å². The molecule has 1 unspecified atom stereocenters. The fourth-order valence-corrected chi connectivity index (χ4v) is 1.27. The first-order valence-corrected chi connectivity index (χ1v) is 5.25. The average Bonchev–Trinajstić information content (AvgIpc) is 2.20. The number of carbonyl (C=O) groups excluding carboxylic acids is 2. The summed E-state index contributed by atoms with van der Waals surface area (Å²) >= 11 is 5.63. The number of carbonyl (C=O) groups is 2. The monoisotopic (exact) mass is 240 g/mol. The average molecular weight is 241 g/mol. The Morgan fingerprint density at radius 3 is 2.62 bits per heavy atom. The number of primary amides is 1. The van der Waals surface area contributed by atoms with Crippen LogP contribution < -0.4 is 11.1 Å². The number of anilines is 1. The van der Waals surface area contributed by atoms with Gasteiger partial charge in [-0.25, -0.2) is 0 Å². The van der Waals surface area contributed by atoms with E-state index < -0.39 is 11.3 Å². The number of alkyl halides is 1. The van der Waals surface area contributed by atoms with Crippen molar-refractivity contribution < 1.29 is 9.59 Å². The van der Waals surface area contributed by atoms with Crippen molar-refractivity contribution in [3.8, 4) is 0 Å². The number of para-hydroxylation sites is 1. The van der Waals surface area contributed by atoms with Crippen LogP contribution in [0.2, 0.25) is 0 Å². The van der Waals surface area contributed by atoms with Crippen LogP contribution in [-0.4, -0.2) is 17.2 Å². The van der Waals surface area contributed by atoms with Crippen LogP contribution in [0.4, 0.5) is 5.69 Å². The van der Waals surface area contributed by atoms with Crippen LogP contribution in [0.5, 0.6) is 0 Å². The summed E-state index contributed by atoms with van der Waals surface area (Å²) in [5.74, 6) is -0.751. The van der Waals surface area contributed by atoms with Crippen LogP contribution in [0.3, 0.4) is 0 Å². The van der Waals surface area contributed by atoms with E-state index in [0.717, 1.165) is 0 Å².